The third-order valence-electron chi connectivity index (χ3n) is 6.79. The second kappa shape index (κ2) is 6.66. The van der Waals surface area contributed by atoms with Crippen molar-refractivity contribution in [1.29, 1.82) is 0 Å². The van der Waals surface area contributed by atoms with Gasteiger partial charge in [-0.25, -0.2) is 4.98 Å². The summed E-state index contributed by atoms with van der Waals surface area (Å²) in [5, 5.41) is 3.68. The van der Waals surface area contributed by atoms with Crippen molar-refractivity contribution in [2.75, 3.05) is 23.3 Å². The zero-order valence-corrected chi connectivity index (χ0v) is 17.0. The van der Waals surface area contributed by atoms with E-state index in [1.54, 1.807) is 6.92 Å². The number of anilines is 2. The molecule has 2 atom stereocenters. The lowest BCUT2D eigenvalue weighted by atomic mass is 9.52. The molecule has 3 aliphatic rings. The van der Waals surface area contributed by atoms with E-state index in [2.05, 4.69) is 43.1 Å². The van der Waals surface area contributed by atoms with Crippen LogP contribution in [0.1, 0.15) is 52.1 Å². The van der Waals surface area contributed by atoms with E-state index in [4.69, 9.17) is 10.7 Å². The summed E-state index contributed by atoms with van der Waals surface area (Å²) in [7, 11) is 0. The van der Waals surface area contributed by atoms with Crippen LogP contribution in [0.4, 0.5) is 11.5 Å². The van der Waals surface area contributed by atoms with Crippen molar-refractivity contribution in [2.24, 2.45) is 11.1 Å². The number of nitrogens with two attached hydrogens (primary N) is 1. The summed E-state index contributed by atoms with van der Waals surface area (Å²) in [5.41, 5.74) is 8.70. The quantitative estimate of drug-likeness (QED) is 0.854. The fraction of sp³-hybridized carbons (Fsp3) is 0.714. The Labute approximate surface area is 162 Å². The van der Waals surface area contributed by atoms with Crippen molar-refractivity contribution in [2.45, 2.75) is 77.5 Å². The van der Waals surface area contributed by atoms with Gasteiger partial charge < -0.3 is 20.9 Å². The minimum Gasteiger partial charge on any atom is -0.381 e. The van der Waals surface area contributed by atoms with E-state index in [0.29, 0.717) is 17.5 Å². The average molecular weight is 372 g/mol. The van der Waals surface area contributed by atoms with E-state index in [0.717, 1.165) is 30.3 Å². The largest absolute Gasteiger partial charge is 0.381 e. The van der Waals surface area contributed by atoms with Crippen molar-refractivity contribution in [3.63, 3.8) is 0 Å². The molecule has 6 nitrogen and oxygen atoms in total. The third-order valence-corrected chi connectivity index (χ3v) is 6.79. The molecular weight excluding hydrogens is 338 g/mol. The van der Waals surface area contributed by atoms with Crippen molar-refractivity contribution in [3.05, 3.63) is 17.8 Å². The van der Waals surface area contributed by atoms with E-state index in [1.807, 2.05) is 4.90 Å². The zero-order valence-electron chi connectivity index (χ0n) is 17.0. The smallest absolute Gasteiger partial charge is 0.220 e. The molecule has 1 aromatic rings. The Kier molecular flexibility index (Phi) is 4.57. The van der Waals surface area contributed by atoms with E-state index in [-0.39, 0.29) is 18.0 Å². The molecule has 1 amide bonds. The lowest BCUT2D eigenvalue weighted by Gasteiger charge is -2.57. The monoisotopic (exact) mass is 371 g/mol. The lowest BCUT2D eigenvalue weighted by molar-refractivity contribution is -0.133. The van der Waals surface area contributed by atoms with Crippen LogP contribution in [0.5, 0.6) is 0 Å². The Balaban J connectivity index is 1.38. The van der Waals surface area contributed by atoms with Crippen LogP contribution in [0.25, 0.3) is 0 Å². The van der Waals surface area contributed by atoms with Gasteiger partial charge in [0.05, 0.1) is 11.4 Å². The van der Waals surface area contributed by atoms with E-state index >= 15 is 0 Å². The van der Waals surface area contributed by atoms with E-state index in [1.165, 1.54) is 25.7 Å². The molecule has 0 bridgehead atoms. The number of pyridine rings is 1. The first-order chi connectivity index (χ1) is 12.8. The van der Waals surface area contributed by atoms with Crippen LogP contribution >= 0.6 is 0 Å². The Morgan fingerprint density at radius 3 is 2.33 bits per heavy atom. The van der Waals surface area contributed by atoms with Gasteiger partial charge in [-0.2, -0.15) is 0 Å². The molecule has 6 heteroatoms. The second-order valence-electron chi connectivity index (χ2n) is 9.25. The maximum atomic E-state index is 11.9. The Hall–Kier alpha value is -1.82. The van der Waals surface area contributed by atoms with Gasteiger partial charge in [0.15, 0.2) is 0 Å². The van der Waals surface area contributed by atoms with Crippen LogP contribution in [0.3, 0.4) is 0 Å². The molecule has 1 saturated heterocycles. The fourth-order valence-corrected chi connectivity index (χ4v) is 5.70. The number of hydrogen-bond donors (Lipinski definition) is 2. The first-order valence-electron chi connectivity index (χ1n) is 10.3. The summed E-state index contributed by atoms with van der Waals surface area (Å²) in [5.74, 6) is 1.17. The molecule has 2 unspecified atom stereocenters. The van der Waals surface area contributed by atoms with Crippen molar-refractivity contribution < 1.29 is 4.79 Å². The highest BCUT2D eigenvalue weighted by Crippen LogP contribution is 2.55. The zero-order chi connectivity index (χ0) is 19.3. The predicted octanol–water partition coefficient (Wildman–Crippen LogP) is 2.52. The number of carbonyl (C=O) groups excluding carboxylic acids is 1. The van der Waals surface area contributed by atoms with Crippen LogP contribution in [-0.4, -0.2) is 53.0 Å². The number of aromatic nitrogens is 1. The summed E-state index contributed by atoms with van der Waals surface area (Å²) >= 11 is 0. The van der Waals surface area contributed by atoms with Gasteiger partial charge in [-0.3, -0.25) is 4.79 Å². The van der Waals surface area contributed by atoms with Crippen LogP contribution in [0.2, 0.25) is 0 Å². The van der Waals surface area contributed by atoms with Gasteiger partial charge in [0, 0.05) is 44.2 Å². The summed E-state index contributed by atoms with van der Waals surface area (Å²) in [6.45, 7) is 9.63. The molecular formula is C21H33N5O. The Morgan fingerprint density at radius 2 is 1.81 bits per heavy atom. The van der Waals surface area contributed by atoms with Gasteiger partial charge in [0.1, 0.15) is 5.82 Å². The molecule has 2 heterocycles. The average Bonchev–Trinajstić information content (AvgIpc) is 2.51. The van der Waals surface area contributed by atoms with Crippen LogP contribution < -0.4 is 16.0 Å². The molecule has 27 heavy (non-hydrogen) atoms. The maximum absolute atomic E-state index is 11.9. The number of carbonyl (C=O) groups is 1. The molecule has 0 radical (unpaired) electrons. The lowest BCUT2D eigenvalue weighted by Crippen LogP contribution is -2.58. The van der Waals surface area contributed by atoms with Gasteiger partial charge in [0.25, 0.3) is 0 Å². The van der Waals surface area contributed by atoms with Gasteiger partial charge in [0.2, 0.25) is 5.91 Å². The molecule has 2 aliphatic carbocycles. The number of piperazine rings is 1. The fourth-order valence-electron chi connectivity index (χ4n) is 5.70. The third kappa shape index (κ3) is 3.40. The van der Waals surface area contributed by atoms with E-state index < -0.39 is 0 Å². The second-order valence-corrected chi connectivity index (χ2v) is 9.25. The SMILES string of the molecule is CC(=O)N1C(C)CN(c2ccc(NC3CC4(CC(N)C4)C3)c(C)n2)CC1C. The molecule has 1 aliphatic heterocycles. The van der Waals surface area contributed by atoms with Crippen LogP contribution in [0.15, 0.2) is 12.1 Å². The van der Waals surface area contributed by atoms with Gasteiger partial charge >= 0.3 is 0 Å². The van der Waals surface area contributed by atoms with Gasteiger partial charge in [-0.05, 0) is 64.0 Å². The molecule has 4 rings (SSSR count). The summed E-state index contributed by atoms with van der Waals surface area (Å²) < 4.78 is 0. The highest BCUT2D eigenvalue weighted by molar-refractivity contribution is 5.74. The summed E-state index contributed by atoms with van der Waals surface area (Å²) in [6.07, 6.45) is 4.88. The van der Waals surface area contributed by atoms with Crippen molar-refractivity contribution >= 4 is 17.4 Å². The summed E-state index contributed by atoms with van der Waals surface area (Å²) in [6, 6.07) is 5.68. The molecule has 0 aromatic carbocycles. The molecule has 148 valence electrons. The predicted molar refractivity (Wildman–Crippen MR) is 109 cm³/mol. The minimum absolute atomic E-state index is 0.157. The van der Waals surface area contributed by atoms with Crippen molar-refractivity contribution in [1.82, 2.24) is 9.88 Å². The van der Waals surface area contributed by atoms with Crippen LogP contribution in [-0.2, 0) is 4.79 Å². The normalized spacial score (nSPS) is 35.6. The number of nitrogens with zero attached hydrogens (tertiary/aromatic N) is 3. The number of nitrogens with one attached hydrogen (secondary N) is 1. The molecule has 2 saturated carbocycles. The van der Waals surface area contributed by atoms with Crippen molar-refractivity contribution in [3.8, 4) is 0 Å². The number of hydrogen-bond acceptors (Lipinski definition) is 5. The highest BCUT2D eigenvalue weighted by Gasteiger charge is 2.51. The molecule has 1 aromatic heterocycles. The minimum atomic E-state index is 0.157. The maximum Gasteiger partial charge on any atom is 0.220 e. The Bertz CT molecular complexity index is 709. The number of amides is 1. The first kappa shape index (κ1) is 18.5. The standard InChI is InChI=1S/C21H33N5O/c1-13-11-25(12-14(2)26(13)16(4)27)20-6-5-19(15(3)23-20)24-18-9-21(10-18)7-17(22)8-21/h5-6,13-14,17-18,24H,7-12,22H2,1-4H3. The number of rotatable bonds is 3. The topological polar surface area (TPSA) is 74.5 Å². The van der Waals surface area contributed by atoms with Gasteiger partial charge in [-0.1, -0.05) is 0 Å². The molecule has 3 N–H and O–H groups in total. The molecule has 1 spiro atoms. The van der Waals surface area contributed by atoms with Crippen LogP contribution in [0, 0.1) is 12.3 Å². The highest BCUT2D eigenvalue weighted by atomic mass is 16.2. The van der Waals surface area contributed by atoms with Gasteiger partial charge in [-0.15, -0.1) is 0 Å². The Morgan fingerprint density at radius 1 is 1.19 bits per heavy atom. The first-order valence-corrected chi connectivity index (χ1v) is 10.3. The number of aryl methyl sites for hydroxylation is 1. The summed E-state index contributed by atoms with van der Waals surface area (Å²) in [4.78, 5) is 21.0. The molecule has 3 fully saturated rings. The van der Waals surface area contributed by atoms with E-state index in [9.17, 15) is 4.79 Å².